The molecule has 2 spiro atoms. The Kier molecular flexibility index (Phi) is 20.5. The van der Waals surface area contributed by atoms with Gasteiger partial charge in [0.15, 0.2) is 11.6 Å². The summed E-state index contributed by atoms with van der Waals surface area (Å²) in [4.78, 5) is 19.8. The van der Waals surface area contributed by atoms with Gasteiger partial charge in [0.2, 0.25) is 5.95 Å². The van der Waals surface area contributed by atoms with Crippen molar-refractivity contribution in [3.63, 3.8) is 0 Å². The van der Waals surface area contributed by atoms with Crippen LogP contribution in [0, 0.1) is 0 Å². The number of aromatic nitrogens is 3. The second-order valence-electron chi connectivity index (χ2n) is 37.1. The lowest BCUT2D eigenvalue weighted by atomic mass is 9.62. The van der Waals surface area contributed by atoms with E-state index in [4.69, 9.17) is 30.4 Å². The number of hydrogen-bond acceptors (Lipinski definition) is 6. The van der Waals surface area contributed by atoms with Crippen molar-refractivity contribution in [3.8, 4) is 78.4 Å². The molecule has 13 aromatic carbocycles. The SMILES string of the molecule is C=c1oc2ccccc2c1=C1/C(=C\C)C2(c3cc4c(cc31)C1(c3ccccc3-c3ccccc31)c1cc(N(c3ccc5c(c3)C(CCCCCCC)(CCCCCCC)c3c6c(c7c(oc8ccccc87)c3-5)-c3ccccc3C6(CCCCCCC)CCCCCCC)c3nc(-c5ccccc5)nc(-c5ccccc5)n3)ccc1-4)c1ccccc1-c1ccccc12. The number of hydrogen-bond donors (Lipinski definition) is 0. The van der Waals surface area contributed by atoms with E-state index in [1.54, 1.807) is 11.1 Å². The Hall–Kier alpha value is -12.5. The Bertz CT molecular complexity index is 6940. The third-order valence-electron chi connectivity index (χ3n) is 30.2. The summed E-state index contributed by atoms with van der Waals surface area (Å²) in [6, 6.07) is 106. The molecule has 0 atom stereocenters. The second kappa shape index (κ2) is 32.5. The minimum atomic E-state index is -0.828. The Morgan fingerprint density at radius 2 is 0.714 bits per heavy atom. The van der Waals surface area contributed by atoms with E-state index in [-0.39, 0.29) is 5.41 Å². The summed E-state index contributed by atoms with van der Waals surface area (Å²) in [5.41, 5.74) is 36.6. The van der Waals surface area contributed by atoms with Crippen LogP contribution in [0.4, 0.5) is 17.3 Å². The highest BCUT2D eigenvalue weighted by atomic mass is 16.3. The third kappa shape index (κ3) is 12.0. The number of allylic oxidation sites excluding steroid dienone is 2. The highest BCUT2D eigenvalue weighted by Crippen LogP contribution is 2.71. The van der Waals surface area contributed by atoms with Crippen LogP contribution >= 0.6 is 0 Å². The summed E-state index contributed by atoms with van der Waals surface area (Å²) in [5, 5.41) is 4.60. The average molecular weight is 1640 g/mol. The summed E-state index contributed by atoms with van der Waals surface area (Å²) in [7, 11) is 0. The molecule has 6 nitrogen and oxygen atoms in total. The van der Waals surface area contributed by atoms with Crippen molar-refractivity contribution in [2.45, 2.75) is 210 Å². The number of nitrogens with zero attached hydrogens (tertiary/aromatic N) is 4. The van der Waals surface area contributed by atoms with E-state index in [0.29, 0.717) is 23.0 Å². The maximum Gasteiger partial charge on any atom is 0.238 e. The van der Waals surface area contributed by atoms with Gasteiger partial charge in [-0.3, -0.25) is 4.90 Å². The molecule has 126 heavy (non-hydrogen) atoms. The van der Waals surface area contributed by atoms with Crippen molar-refractivity contribution >= 4 is 62.4 Å². The first-order valence-electron chi connectivity index (χ1n) is 47.8. The van der Waals surface area contributed by atoms with E-state index in [0.717, 1.165) is 94.0 Å². The van der Waals surface area contributed by atoms with Crippen molar-refractivity contribution in [1.29, 1.82) is 0 Å². The standard InChI is InChI=1S/C120H112N4O2/c1-7-12-16-20-44-70-117(71-45-21-17-13-8-2)95-59-37-34-56-88(95)108-109-91-58-36-43-65-105(91)126-113(109)110-89-69-67-81(74-100(89)118(112(110)111(108)117,72-46-22-18-14-9-3)73-47-23-19-15-10-4)124(116-122-114(79-48-26-24-27-49-79)121-115(123-116)80-50-28-25-29-51-80)82-66-68-87-92-76-103-93(77-102(92)120(101(87)75-82)98-62-40-32-54-85(98)86-55-33-41-63-99(86)120)107(106-78(6)125-104-64-42-35-57-90(104)106)94(11-5)119(103)96-60-38-30-52-83(96)84-53-31-39-61-97(84)119/h11,24-43,48-69,74-77H,6-10,12-23,44-47,70-73H2,1-5H3/b94-11+,107-106?. The van der Waals surface area contributed by atoms with Crippen LogP contribution in [0.2, 0.25) is 0 Å². The van der Waals surface area contributed by atoms with Crippen LogP contribution in [-0.4, -0.2) is 15.0 Å². The van der Waals surface area contributed by atoms with Gasteiger partial charge in [-0.05, 0) is 209 Å². The van der Waals surface area contributed by atoms with E-state index in [9.17, 15) is 0 Å². The number of benzene rings is 13. The molecule has 0 saturated heterocycles. The first-order chi connectivity index (χ1) is 62.2. The molecule has 3 heterocycles. The predicted octanol–water partition coefficient (Wildman–Crippen LogP) is 31.5. The van der Waals surface area contributed by atoms with Crippen LogP contribution < -0.4 is 15.5 Å². The molecule has 6 aliphatic carbocycles. The van der Waals surface area contributed by atoms with Crippen LogP contribution in [0.15, 0.2) is 300 Å². The predicted molar refractivity (Wildman–Crippen MR) is 524 cm³/mol. The largest absolute Gasteiger partial charge is 0.457 e. The summed E-state index contributed by atoms with van der Waals surface area (Å²) in [5.74, 6) is 1.77. The Labute approximate surface area is 743 Å². The van der Waals surface area contributed by atoms with Gasteiger partial charge in [0, 0.05) is 60.3 Å². The molecule has 0 unspecified atom stereocenters. The monoisotopic (exact) mass is 1640 g/mol. The van der Waals surface area contributed by atoms with Gasteiger partial charge in [0.25, 0.3) is 0 Å². The summed E-state index contributed by atoms with van der Waals surface area (Å²) in [6.45, 7) is 16.6. The smallest absolute Gasteiger partial charge is 0.238 e. The molecule has 0 saturated carbocycles. The van der Waals surface area contributed by atoms with Crippen LogP contribution in [0.5, 0.6) is 0 Å². The van der Waals surface area contributed by atoms with E-state index in [1.165, 1.54) is 243 Å². The molecule has 0 aliphatic heterocycles. The van der Waals surface area contributed by atoms with Crippen LogP contribution in [-0.2, 0) is 21.7 Å². The lowest BCUT2D eigenvalue weighted by Crippen LogP contribution is -2.33. The fraction of sp³-hybridized carbons (Fsp3) is 0.275. The number of para-hydroxylation sites is 2. The zero-order valence-electron chi connectivity index (χ0n) is 73.9. The highest BCUT2D eigenvalue weighted by Gasteiger charge is 2.59. The summed E-state index contributed by atoms with van der Waals surface area (Å²) >= 11 is 0. The fourth-order valence-corrected chi connectivity index (χ4v) is 24.9. The number of fused-ring (bicyclic) bond motifs is 30. The molecule has 6 aliphatic rings. The van der Waals surface area contributed by atoms with Crippen molar-refractivity contribution in [2.24, 2.45) is 0 Å². The van der Waals surface area contributed by atoms with Crippen LogP contribution in [0.25, 0.3) is 123 Å². The Morgan fingerprint density at radius 1 is 0.325 bits per heavy atom. The molecule has 6 heteroatoms. The van der Waals surface area contributed by atoms with Gasteiger partial charge in [0.05, 0.1) is 10.8 Å². The first-order valence-corrected chi connectivity index (χ1v) is 47.8. The number of anilines is 3. The van der Waals surface area contributed by atoms with E-state index in [1.807, 2.05) is 0 Å². The normalized spacial score (nSPS) is 15.5. The Morgan fingerprint density at radius 3 is 1.24 bits per heavy atom. The van der Waals surface area contributed by atoms with Crippen molar-refractivity contribution < 1.29 is 8.83 Å². The fourth-order valence-electron chi connectivity index (χ4n) is 24.9. The van der Waals surface area contributed by atoms with Gasteiger partial charge >= 0.3 is 0 Å². The van der Waals surface area contributed by atoms with Gasteiger partial charge in [-0.2, -0.15) is 9.97 Å². The summed E-state index contributed by atoms with van der Waals surface area (Å²) < 4.78 is 14.7. The molecular formula is C120H112N4O2. The molecular weight excluding hydrogens is 1530 g/mol. The van der Waals surface area contributed by atoms with Gasteiger partial charge in [-0.15, -0.1) is 0 Å². The average Bonchev–Trinajstić information content (AvgIpc) is 1.49. The van der Waals surface area contributed by atoms with E-state index in [2.05, 4.69) is 325 Å². The minimum absolute atomic E-state index is 0.235. The third-order valence-corrected chi connectivity index (χ3v) is 30.2. The molecule has 3 aromatic heterocycles. The van der Waals surface area contributed by atoms with Crippen LogP contribution in [0.1, 0.15) is 255 Å². The van der Waals surface area contributed by atoms with Gasteiger partial charge in [-0.1, -0.05) is 399 Å². The molecule has 22 rings (SSSR count). The molecule has 0 amide bonds. The number of rotatable bonds is 29. The second-order valence-corrected chi connectivity index (χ2v) is 37.1. The van der Waals surface area contributed by atoms with E-state index >= 15 is 0 Å². The Balaban J connectivity index is 0.844. The van der Waals surface area contributed by atoms with Gasteiger partial charge < -0.3 is 8.83 Å². The first kappa shape index (κ1) is 79.4. The molecule has 0 N–H and O–H groups in total. The minimum Gasteiger partial charge on any atom is -0.457 e. The van der Waals surface area contributed by atoms with Crippen molar-refractivity contribution in [1.82, 2.24) is 15.0 Å². The maximum atomic E-state index is 7.81. The summed E-state index contributed by atoms with van der Waals surface area (Å²) in [6.07, 6.45) is 30.9. The quantitative estimate of drug-likeness (QED) is 0.0435. The zero-order chi connectivity index (χ0) is 84.8. The van der Waals surface area contributed by atoms with Gasteiger partial charge in [0.1, 0.15) is 22.2 Å². The number of furan rings is 2. The lowest BCUT2D eigenvalue weighted by Gasteiger charge is -2.40. The molecule has 0 radical (unpaired) electrons. The lowest BCUT2D eigenvalue weighted by molar-refractivity contribution is 0.369. The molecule has 624 valence electrons. The van der Waals surface area contributed by atoms with Gasteiger partial charge in [-0.25, -0.2) is 4.98 Å². The molecule has 16 aromatic rings. The van der Waals surface area contributed by atoms with E-state index < -0.39 is 16.2 Å². The van der Waals surface area contributed by atoms with Crippen molar-refractivity contribution in [3.05, 3.63) is 368 Å². The van der Waals surface area contributed by atoms with Crippen LogP contribution in [0.3, 0.4) is 0 Å². The molecule has 0 bridgehead atoms. The van der Waals surface area contributed by atoms with Crippen molar-refractivity contribution in [2.75, 3.05) is 4.90 Å². The number of unbranched alkanes of at least 4 members (excludes halogenated alkanes) is 16. The molecule has 0 fully saturated rings. The zero-order valence-corrected chi connectivity index (χ0v) is 73.9. The topological polar surface area (TPSA) is 68.2 Å². The highest BCUT2D eigenvalue weighted by molar-refractivity contribution is 6.21. The maximum absolute atomic E-state index is 7.81.